The predicted octanol–water partition coefficient (Wildman–Crippen LogP) is 11.2. The monoisotopic (exact) mass is 664 g/mol. The van der Waals surface area contributed by atoms with E-state index in [4.69, 9.17) is 4.74 Å². The number of hydrogen-bond acceptors (Lipinski definition) is 5. The average Bonchev–Trinajstić information content (AvgIpc) is 3.16. The van der Waals surface area contributed by atoms with Gasteiger partial charge in [-0.2, -0.15) is 0 Å². The van der Waals surface area contributed by atoms with Crippen molar-refractivity contribution in [2.45, 2.75) is 60.3 Å². The van der Waals surface area contributed by atoms with E-state index in [1.807, 2.05) is 94.4 Å². The van der Waals surface area contributed by atoms with Crippen LogP contribution in [0.4, 0.5) is 11.4 Å². The molecule has 0 amide bonds. The molecule has 7 rings (SSSR count). The van der Waals surface area contributed by atoms with Crippen molar-refractivity contribution < 1.29 is 14.3 Å². The third kappa shape index (κ3) is 6.61. The van der Waals surface area contributed by atoms with E-state index >= 15 is 0 Å². The van der Waals surface area contributed by atoms with E-state index in [-0.39, 0.29) is 16.8 Å². The molecule has 0 aliphatic heterocycles. The van der Waals surface area contributed by atoms with Gasteiger partial charge in [0, 0.05) is 33.8 Å². The zero-order valence-electron chi connectivity index (χ0n) is 29.8. The fraction of sp³-hybridized carbons (Fsp3) is 0.205. The Balaban J connectivity index is 0.00000117. The molecule has 0 saturated heterocycles. The Morgan fingerprint density at radius 3 is 1.94 bits per heavy atom. The number of fused-ring (bicyclic) bond motifs is 2. The number of ketones is 2. The lowest BCUT2D eigenvalue weighted by Crippen LogP contribution is -2.24. The van der Waals surface area contributed by atoms with Crippen LogP contribution in [0.5, 0.6) is 11.5 Å². The van der Waals surface area contributed by atoms with E-state index in [0.29, 0.717) is 55.9 Å². The van der Waals surface area contributed by atoms with Crippen molar-refractivity contribution in [2.24, 2.45) is 0 Å². The lowest BCUT2D eigenvalue weighted by molar-refractivity contribution is 0.102. The van der Waals surface area contributed by atoms with Gasteiger partial charge in [-0.3, -0.25) is 14.4 Å². The van der Waals surface area contributed by atoms with Gasteiger partial charge in [0.25, 0.3) is 5.56 Å². The number of aromatic amines is 1. The Hall–Kier alpha value is -5.75. The fourth-order valence-electron chi connectivity index (χ4n) is 6.10. The summed E-state index contributed by atoms with van der Waals surface area (Å²) in [6.45, 7) is 14.6. The van der Waals surface area contributed by atoms with E-state index < -0.39 is 11.3 Å². The summed E-state index contributed by atoms with van der Waals surface area (Å²) in [5, 5.41) is 3.88. The highest BCUT2D eigenvalue weighted by Crippen LogP contribution is 2.47. The van der Waals surface area contributed by atoms with Crippen molar-refractivity contribution in [3.05, 3.63) is 153 Å². The molecule has 5 aromatic carbocycles. The van der Waals surface area contributed by atoms with Gasteiger partial charge >= 0.3 is 0 Å². The topological polar surface area (TPSA) is 88.3 Å². The number of aromatic nitrogens is 1. The first-order valence-corrected chi connectivity index (χ1v) is 17.4. The molecule has 2 N–H and O–H groups in total. The van der Waals surface area contributed by atoms with E-state index in [9.17, 15) is 14.4 Å². The quantitative estimate of drug-likeness (QED) is 0.158. The van der Waals surface area contributed by atoms with E-state index in [2.05, 4.69) is 31.1 Å². The smallest absolute Gasteiger partial charge is 0.260 e. The number of anilines is 2. The summed E-state index contributed by atoms with van der Waals surface area (Å²) in [6.07, 6.45) is 0.984. The van der Waals surface area contributed by atoms with Crippen molar-refractivity contribution in [1.29, 1.82) is 0 Å². The molecule has 6 aromatic rings. The first-order valence-electron chi connectivity index (χ1n) is 17.4. The maximum atomic E-state index is 14.3. The van der Waals surface area contributed by atoms with Gasteiger partial charge in [-0.15, -0.1) is 0 Å². The van der Waals surface area contributed by atoms with Crippen LogP contribution in [0, 0.1) is 0 Å². The van der Waals surface area contributed by atoms with E-state index in [1.54, 1.807) is 48.5 Å². The van der Waals surface area contributed by atoms with Crippen molar-refractivity contribution in [3.63, 3.8) is 0 Å². The molecule has 0 spiro atoms. The minimum absolute atomic E-state index is 0.00618. The molecule has 0 unspecified atom stereocenters. The van der Waals surface area contributed by atoms with Gasteiger partial charge in [0.05, 0.1) is 22.3 Å². The molecule has 6 heteroatoms. The second-order valence-corrected chi connectivity index (χ2v) is 12.2. The van der Waals surface area contributed by atoms with Gasteiger partial charge in [-0.05, 0) is 47.2 Å². The third-order valence-electron chi connectivity index (χ3n) is 8.99. The number of pyridine rings is 1. The first kappa shape index (κ1) is 35.6. The molecule has 1 heterocycles. The summed E-state index contributed by atoms with van der Waals surface area (Å²) in [7, 11) is 0. The fourth-order valence-corrected chi connectivity index (χ4v) is 6.10. The highest BCUT2D eigenvalue weighted by molar-refractivity contribution is 6.31. The van der Waals surface area contributed by atoms with Gasteiger partial charge in [-0.25, -0.2) is 0 Å². The molecule has 0 saturated carbocycles. The maximum Gasteiger partial charge on any atom is 0.260 e. The molecule has 0 fully saturated rings. The lowest BCUT2D eigenvalue weighted by atomic mass is 9.80. The zero-order chi connectivity index (χ0) is 36.0. The predicted molar refractivity (Wildman–Crippen MR) is 206 cm³/mol. The van der Waals surface area contributed by atoms with Gasteiger partial charge in [0.2, 0.25) is 0 Å². The number of rotatable bonds is 8. The standard InChI is InChI=1S/C40H32N2O4.2C2H6/c1-4-40(2,3)25-19-21-27(22-20-25)46-31-23-30(41-26-15-9-6-10-16-26)33-34-32(28-17-11-12-18-29(28)38(33)44)35(39(45)42-36(31)34)37(43)24-13-7-5-8-14-24;2*1-2/h5-23,41H,4H2,1-3H3,(H,42,45);2*1-2H3. The summed E-state index contributed by atoms with van der Waals surface area (Å²) in [4.78, 5) is 45.3. The summed E-state index contributed by atoms with van der Waals surface area (Å²) in [6, 6.07) is 35.0. The van der Waals surface area contributed by atoms with Crippen LogP contribution < -0.4 is 15.6 Å². The number of carbonyl (C=O) groups excluding carboxylic acids is 2. The minimum atomic E-state index is -0.555. The van der Waals surface area contributed by atoms with Crippen LogP contribution in [-0.2, 0) is 5.41 Å². The molecule has 254 valence electrons. The SMILES string of the molecule is CC.CC.CCC(C)(C)c1ccc(Oc2cc(Nc3ccccc3)c3c4c(c(C(=O)c5ccccc5)c(=O)[nH]c24)-c2ccccc2C3=O)cc1. The number of carbonyl (C=O) groups is 2. The Kier molecular flexibility index (Phi) is 10.8. The van der Waals surface area contributed by atoms with Crippen LogP contribution in [0.25, 0.3) is 22.0 Å². The number of ether oxygens (including phenoxy) is 1. The Labute approximate surface area is 294 Å². The second kappa shape index (κ2) is 15.2. The van der Waals surface area contributed by atoms with Crippen LogP contribution in [0.15, 0.2) is 120 Å². The number of para-hydroxylation sites is 1. The number of hydrogen-bond donors (Lipinski definition) is 2. The van der Waals surface area contributed by atoms with Crippen molar-refractivity contribution in [3.8, 4) is 22.6 Å². The van der Waals surface area contributed by atoms with Gasteiger partial charge in [-0.1, -0.05) is 133 Å². The zero-order valence-corrected chi connectivity index (χ0v) is 29.8. The Bertz CT molecular complexity index is 2200. The van der Waals surface area contributed by atoms with Gasteiger partial charge in [0.1, 0.15) is 5.75 Å². The molecular formula is C44H44N2O4. The number of benzene rings is 5. The Morgan fingerprint density at radius 2 is 1.32 bits per heavy atom. The van der Waals surface area contributed by atoms with E-state index in [0.717, 1.165) is 12.1 Å². The normalized spacial score (nSPS) is 11.4. The molecule has 6 nitrogen and oxygen atoms in total. The number of H-pyrrole nitrogens is 1. The molecule has 0 radical (unpaired) electrons. The van der Waals surface area contributed by atoms with Gasteiger partial charge < -0.3 is 15.0 Å². The molecule has 1 aliphatic carbocycles. The molecule has 1 aromatic heterocycles. The third-order valence-corrected chi connectivity index (χ3v) is 8.99. The van der Waals surface area contributed by atoms with Crippen molar-refractivity contribution in [1.82, 2.24) is 4.98 Å². The van der Waals surface area contributed by atoms with Crippen molar-refractivity contribution in [2.75, 3.05) is 5.32 Å². The first-order chi connectivity index (χ1) is 24.3. The highest BCUT2D eigenvalue weighted by atomic mass is 16.5. The van der Waals surface area contributed by atoms with Crippen LogP contribution in [-0.4, -0.2) is 16.6 Å². The van der Waals surface area contributed by atoms with Crippen LogP contribution in [0.3, 0.4) is 0 Å². The minimum Gasteiger partial charge on any atom is -0.455 e. The number of nitrogens with one attached hydrogen (secondary N) is 2. The van der Waals surface area contributed by atoms with E-state index in [1.165, 1.54) is 5.56 Å². The summed E-state index contributed by atoms with van der Waals surface area (Å²) < 4.78 is 6.51. The average molecular weight is 665 g/mol. The van der Waals surface area contributed by atoms with Gasteiger partial charge in [0.15, 0.2) is 17.3 Å². The summed E-state index contributed by atoms with van der Waals surface area (Å²) in [5.41, 5.74) is 4.34. The largest absolute Gasteiger partial charge is 0.455 e. The molecular weight excluding hydrogens is 620 g/mol. The van der Waals surface area contributed by atoms with Crippen LogP contribution in [0.1, 0.15) is 92.3 Å². The Morgan fingerprint density at radius 1 is 0.740 bits per heavy atom. The lowest BCUT2D eigenvalue weighted by Gasteiger charge is -2.26. The molecule has 0 bridgehead atoms. The summed E-state index contributed by atoms with van der Waals surface area (Å²) in [5.74, 6) is 0.288. The van der Waals surface area contributed by atoms with Crippen molar-refractivity contribution >= 4 is 33.8 Å². The molecule has 1 aliphatic rings. The molecule has 0 atom stereocenters. The molecule has 50 heavy (non-hydrogen) atoms. The van der Waals surface area contributed by atoms with Crippen LogP contribution in [0.2, 0.25) is 0 Å². The highest BCUT2D eigenvalue weighted by Gasteiger charge is 2.34. The second-order valence-electron chi connectivity index (χ2n) is 12.2. The summed E-state index contributed by atoms with van der Waals surface area (Å²) >= 11 is 0. The van der Waals surface area contributed by atoms with Crippen LogP contribution >= 0.6 is 0 Å². The maximum absolute atomic E-state index is 14.3.